The maximum absolute atomic E-state index is 5.73. The van der Waals surface area contributed by atoms with Crippen molar-refractivity contribution in [1.29, 1.82) is 0 Å². The quantitative estimate of drug-likeness (QED) is 0.728. The molecular weight excluding hydrogens is 172 g/mol. The zero-order chi connectivity index (χ0) is 10.1. The van der Waals surface area contributed by atoms with Gasteiger partial charge in [-0.3, -0.25) is 0 Å². The van der Waals surface area contributed by atoms with E-state index in [2.05, 4.69) is 37.1 Å². The predicted octanol–water partition coefficient (Wildman–Crippen LogP) is 1.56. The summed E-state index contributed by atoms with van der Waals surface area (Å²) >= 11 is 0. The Morgan fingerprint density at radius 3 is 3.00 bits per heavy atom. The van der Waals surface area contributed by atoms with Gasteiger partial charge in [0, 0.05) is 19.3 Å². The van der Waals surface area contributed by atoms with Gasteiger partial charge in [0.25, 0.3) is 0 Å². The molecule has 1 heterocycles. The molecule has 0 aromatic heterocycles. The van der Waals surface area contributed by atoms with Gasteiger partial charge in [-0.1, -0.05) is 18.2 Å². The lowest BCUT2D eigenvalue weighted by Crippen LogP contribution is -2.36. The Labute approximate surface area is 85.7 Å². The summed E-state index contributed by atoms with van der Waals surface area (Å²) in [5, 5.41) is 0. The van der Waals surface area contributed by atoms with Crippen LogP contribution in [0.25, 0.3) is 0 Å². The summed E-state index contributed by atoms with van der Waals surface area (Å²) in [5.74, 6) is 0.620. The van der Waals surface area contributed by atoms with Gasteiger partial charge < -0.3 is 10.6 Å². The zero-order valence-corrected chi connectivity index (χ0v) is 8.96. The van der Waals surface area contributed by atoms with Crippen LogP contribution in [0.2, 0.25) is 0 Å². The number of nitrogens with two attached hydrogens (primary N) is 1. The molecule has 0 spiro atoms. The number of para-hydroxylation sites is 1. The first kappa shape index (κ1) is 9.53. The van der Waals surface area contributed by atoms with Crippen molar-refractivity contribution in [3.05, 3.63) is 29.3 Å². The van der Waals surface area contributed by atoms with Gasteiger partial charge in [0.05, 0.1) is 0 Å². The van der Waals surface area contributed by atoms with Crippen molar-refractivity contribution < 1.29 is 0 Å². The lowest BCUT2D eigenvalue weighted by molar-refractivity contribution is 0.514. The van der Waals surface area contributed by atoms with E-state index in [4.69, 9.17) is 5.73 Å². The third-order valence-electron chi connectivity index (χ3n) is 3.08. The molecule has 1 aliphatic rings. The molecule has 1 atom stereocenters. The number of hydrogen-bond donors (Lipinski definition) is 1. The molecule has 0 aliphatic carbocycles. The van der Waals surface area contributed by atoms with E-state index in [9.17, 15) is 0 Å². The fraction of sp³-hybridized carbons (Fsp3) is 0.500. The minimum Gasteiger partial charge on any atom is -0.374 e. The minimum absolute atomic E-state index is 0.620. The van der Waals surface area contributed by atoms with Gasteiger partial charge >= 0.3 is 0 Å². The van der Waals surface area contributed by atoms with Gasteiger partial charge in [0.1, 0.15) is 0 Å². The molecule has 2 N–H and O–H groups in total. The van der Waals surface area contributed by atoms with E-state index in [-0.39, 0.29) is 0 Å². The summed E-state index contributed by atoms with van der Waals surface area (Å²) in [7, 11) is 2.16. The maximum Gasteiger partial charge on any atom is 0.0426 e. The molecular formula is C12H18N2. The Hall–Kier alpha value is -1.02. The molecule has 2 nitrogen and oxygen atoms in total. The second-order valence-electron chi connectivity index (χ2n) is 4.27. The second kappa shape index (κ2) is 3.62. The molecule has 1 aromatic carbocycles. The van der Waals surface area contributed by atoms with Gasteiger partial charge in [-0.15, -0.1) is 0 Å². The van der Waals surface area contributed by atoms with Crippen LogP contribution in [0.5, 0.6) is 0 Å². The van der Waals surface area contributed by atoms with Gasteiger partial charge in [0.2, 0.25) is 0 Å². The Kier molecular flexibility index (Phi) is 2.46. The highest BCUT2D eigenvalue weighted by Crippen LogP contribution is 2.31. The lowest BCUT2D eigenvalue weighted by Gasteiger charge is -2.34. The first-order valence-corrected chi connectivity index (χ1v) is 5.22. The number of benzene rings is 1. The van der Waals surface area contributed by atoms with E-state index in [0.29, 0.717) is 5.92 Å². The lowest BCUT2D eigenvalue weighted by atomic mass is 9.91. The van der Waals surface area contributed by atoms with E-state index in [1.54, 1.807) is 0 Å². The average Bonchev–Trinajstić information content (AvgIpc) is 2.17. The van der Waals surface area contributed by atoms with Crippen LogP contribution >= 0.6 is 0 Å². The van der Waals surface area contributed by atoms with Crippen molar-refractivity contribution in [2.45, 2.75) is 13.3 Å². The maximum atomic E-state index is 5.73. The molecule has 14 heavy (non-hydrogen) atoms. The topological polar surface area (TPSA) is 29.3 Å². The Balaban J connectivity index is 2.39. The van der Waals surface area contributed by atoms with Gasteiger partial charge in [0.15, 0.2) is 0 Å². The van der Waals surface area contributed by atoms with Crippen molar-refractivity contribution in [2.24, 2.45) is 11.7 Å². The van der Waals surface area contributed by atoms with Crippen molar-refractivity contribution >= 4 is 5.69 Å². The molecule has 0 fully saturated rings. The standard InChI is InChI=1S/C12H18N2/c1-9-4-3-5-11-6-10(7-13)8-14(2)12(9)11/h3-5,10H,6-8,13H2,1-2H3/t10-/m0/s1. The SMILES string of the molecule is Cc1cccc2c1N(C)C[C@H](CN)C2. The second-order valence-corrected chi connectivity index (χ2v) is 4.27. The van der Waals surface area contributed by atoms with Crippen molar-refractivity contribution in [2.75, 3.05) is 25.0 Å². The molecule has 1 aliphatic heterocycles. The number of aryl methyl sites for hydroxylation is 1. The molecule has 0 saturated carbocycles. The summed E-state index contributed by atoms with van der Waals surface area (Å²) in [4.78, 5) is 2.34. The highest BCUT2D eigenvalue weighted by Gasteiger charge is 2.21. The normalized spacial score (nSPS) is 20.8. The third kappa shape index (κ3) is 1.50. The minimum atomic E-state index is 0.620. The molecule has 0 saturated heterocycles. The molecule has 0 bridgehead atoms. The molecule has 0 amide bonds. The summed E-state index contributed by atoms with van der Waals surface area (Å²) in [6, 6.07) is 6.54. The molecule has 0 unspecified atom stereocenters. The Morgan fingerprint density at radius 1 is 1.50 bits per heavy atom. The van der Waals surface area contributed by atoms with Crippen molar-refractivity contribution in [1.82, 2.24) is 0 Å². The highest BCUT2D eigenvalue weighted by molar-refractivity contribution is 5.60. The predicted molar refractivity (Wildman–Crippen MR) is 60.7 cm³/mol. The molecule has 76 valence electrons. The van der Waals surface area contributed by atoms with Crippen LogP contribution in [0.4, 0.5) is 5.69 Å². The Morgan fingerprint density at radius 2 is 2.29 bits per heavy atom. The zero-order valence-electron chi connectivity index (χ0n) is 8.96. The van der Waals surface area contributed by atoms with Crippen LogP contribution in [0, 0.1) is 12.8 Å². The molecule has 0 radical (unpaired) electrons. The van der Waals surface area contributed by atoms with Crippen LogP contribution in [-0.2, 0) is 6.42 Å². The van der Waals surface area contributed by atoms with Gasteiger partial charge in [-0.05, 0) is 36.9 Å². The van der Waals surface area contributed by atoms with E-state index in [0.717, 1.165) is 19.5 Å². The highest BCUT2D eigenvalue weighted by atomic mass is 15.1. The van der Waals surface area contributed by atoms with Crippen LogP contribution in [0.3, 0.4) is 0 Å². The number of nitrogens with zero attached hydrogens (tertiary/aromatic N) is 1. The summed E-state index contributed by atoms with van der Waals surface area (Å²) < 4.78 is 0. The van der Waals surface area contributed by atoms with Gasteiger partial charge in [-0.25, -0.2) is 0 Å². The van der Waals surface area contributed by atoms with Crippen LogP contribution in [0.1, 0.15) is 11.1 Å². The van der Waals surface area contributed by atoms with Crippen molar-refractivity contribution in [3.8, 4) is 0 Å². The average molecular weight is 190 g/mol. The van der Waals surface area contributed by atoms with Crippen molar-refractivity contribution in [3.63, 3.8) is 0 Å². The number of anilines is 1. The molecule has 2 heteroatoms. The van der Waals surface area contributed by atoms with E-state index < -0.39 is 0 Å². The number of rotatable bonds is 1. The summed E-state index contributed by atoms with van der Waals surface area (Å²) in [6.07, 6.45) is 1.14. The summed E-state index contributed by atoms with van der Waals surface area (Å²) in [5.41, 5.74) is 9.98. The van der Waals surface area contributed by atoms with E-state index in [1.807, 2.05) is 0 Å². The number of hydrogen-bond acceptors (Lipinski definition) is 2. The number of fused-ring (bicyclic) bond motifs is 1. The Bertz CT molecular complexity index is 333. The van der Waals surface area contributed by atoms with Crippen LogP contribution in [0.15, 0.2) is 18.2 Å². The fourth-order valence-electron chi connectivity index (χ4n) is 2.44. The molecule has 2 rings (SSSR count). The van der Waals surface area contributed by atoms with E-state index in [1.165, 1.54) is 16.8 Å². The third-order valence-corrected chi connectivity index (χ3v) is 3.08. The summed E-state index contributed by atoms with van der Waals surface area (Å²) in [6.45, 7) is 4.06. The molecule has 1 aromatic rings. The van der Waals surface area contributed by atoms with E-state index >= 15 is 0 Å². The fourth-order valence-corrected chi connectivity index (χ4v) is 2.44. The van der Waals surface area contributed by atoms with Crippen LogP contribution < -0.4 is 10.6 Å². The smallest absolute Gasteiger partial charge is 0.0426 e. The van der Waals surface area contributed by atoms with Crippen LogP contribution in [-0.4, -0.2) is 20.1 Å². The first-order chi connectivity index (χ1) is 6.72. The first-order valence-electron chi connectivity index (χ1n) is 5.22. The monoisotopic (exact) mass is 190 g/mol. The van der Waals surface area contributed by atoms with Gasteiger partial charge in [-0.2, -0.15) is 0 Å². The largest absolute Gasteiger partial charge is 0.374 e.